The number of pyridine rings is 1. The number of carbonyl (C=O) groups is 3. The summed E-state index contributed by atoms with van der Waals surface area (Å²) >= 11 is 6.60. The van der Waals surface area contributed by atoms with E-state index >= 15 is 0 Å². The maximum Gasteiger partial charge on any atom is 0.357 e. The molecule has 0 bridgehead atoms. The molecule has 2 atom stereocenters. The largest absolute Gasteiger partial charge is 0.496 e. The summed E-state index contributed by atoms with van der Waals surface area (Å²) in [4.78, 5) is 45.6. The molecule has 5 rings (SSSR count). The Morgan fingerprint density at radius 1 is 1.08 bits per heavy atom. The Morgan fingerprint density at radius 3 is 2.39 bits per heavy atom. The first-order valence-corrected chi connectivity index (χ1v) is 12.5. The van der Waals surface area contributed by atoms with E-state index in [1.165, 1.54) is 26.4 Å². The number of aromatic nitrogens is 1. The Kier molecular flexibility index (Phi) is 6.39. The first-order valence-electron chi connectivity index (χ1n) is 12.2. The standard InChI is InChI=1S/C29H26ClNO7/c1-14(2)37-28(34)18-12-17(16-9-7-6-8-10-16)22-19(32)11-15(3)29(26(22)31-18)27(33)23-20(35-4)13-21(36-5)24(30)25(23)38-29/h6-10,12-15H,11H2,1-5H3. The van der Waals surface area contributed by atoms with Gasteiger partial charge < -0.3 is 18.9 Å². The van der Waals surface area contributed by atoms with Crippen LogP contribution in [0.15, 0.2) is 42.5 Å². The molecule has 2 unspecified atom stereocenters. The van der Waals surface area contributed by atoms with Crippen LogP contribution in [0.3, 0.4) is 0 Å². The Morgan fingerprint density at radius 2 is 1.76 bits per heavy atom. The predicted octanol–water partition coefficient (Wildman–Crippen LogP) is 5.68. The molecule has 0 radical (unpaired) electrons. The fourth-order valence-electron chi connectivity index (χ4n) is 5.16. The van der Waals surface area contributed by atoms with Crippen molar-refractivity contribution < 1.29 is 33.3 Å². The third kappa shape index (κ3) is 3.74. The second-order valence-corrected chi connectivity index (χ2v) is 9.97. The summed E-state index contributed by atoms with van der Waals surface area (Å²) in [6.45, 7) is 5.19. The molecule has 1 aliphatic heterocycles. The van der Waals surface area contributed by atoms with Crippen molar-refractivity contribution in [2.75, 3.05) is 14.2 Å². The van der Waals surface area contributed by atoms with Gasteiger partial charge in [0.1, 0.15) is 33.5 Å². The number of benzene rings is 2. The van der Waals surface area contributed by atoms with Crippen molar-refractivity contribution in [3.8, 4) is 28.4 Å². The lowest BCUT2D eigenvalue weighted by Crippen LogP contribution is -2.49. The molecule has 9 heteroatoms. The summed E-state index contributed by atoms with van der Waals surface area (Å²) in [5, 5.41) is 0.0952. The van der Waals surface area contributed by atoms with E-state index in [-0.39, 0.29) is 57.0 Å². The van der Waals surface area contributed by atoms with Gasteiger partial charge in [0.05, 0.1) is 25.9 Å². The van der Waals surface area contributed by atoms with Crippen molar-refractivity contribution in [3.63, 3.8) is 0 Å². The number of carbonyl (C=O) groups excluding carboxylic acids is 3. The van der Waals surface area contributed by atoms with Crippen molar-refractivity contribution in [3.05, 3.63) is 70.0 Å². The molecule has 8 nitrogen and oxygen atoms in total. The van der Waals surface area contributed by atoms with E-state index in [9.17, 15) is 14.4 Å². The third-order valence-corrected chi connectivity index (χ3v) is 7.25. The van der Waals surface area contributed by atoms with Crippen LogP contribution in [0, 0.1) is 5.92 Å². The first-order chi connectivity index (χ1) is 18.1. The lowest BCUT2D eigenvalue weighted by atomic mass is 9.70. The van der Waals surface area contributed by atoms with Gasteiger partial charge in [-0.25, -0.2) is 9.78 Å². The molecule has 1 aliphatic carbocycles. The van der Waals surface area contributed by atoms with Crippen LogP contribution < -0.4 is 14.2 Å². The number of Topliss-reactive ketones (excluding diaryl/α,β-unsaturated/α-hetero) is 2. The third-order valence-electron chi connectivity index (χ3n) is 6.89. The molecule has 1 aromatic heterocycles. The van der Waals surface area contributed by atoms with E-state index in [2.05, 4.69) is 4.98 Å². The Balaban J connectivity index is 1.83. The van der Waals surface area contributed by atoms with Crippen LogP contribution in [-0.2, 0) is 10.3 Å². The van der Waals surface area contributed by atoms with Crippen molar-refractivity contribution in [2.45, 2.75) is 38.9 Å². The van der Waals surface area contributed by atoms with Gasteiger partial charge in [-0.05, 0) is 31.0 Å². The minimum atomic E-state index is -1.73. The van der Waals surface area contributed by atoms with Gasteiger partial charge in [-0.1, -0.05) is 48.9 Å². The second kappa shape index (κ2) is 9.44. The topological polar surface area (TPSA) is 101 Å². The molecule has 0 saturated heterocycles. The number of fused-ring (bicyclic) bond motifs is 3. The molecule has 3 aromatic rings. The van der Waals surface area contributed by atoms with E-state index in [1.54, 1.807) is 20.8 Å². The van der Waals surface area contributed by atoms with E-state index in [4.69, 9.17) is 30.5 Å². The summed E-state index contributed by atoms with van der Waals surface area (Å²) in [7, 11) is 2.87. The summed E-state index contributed by atoms with van der Waals surface area (Å²) < 4.78 is 22.7. The molecular formula is C29H26ClNO7. The highest BCUT2D eigenvalue weighted by Gasteiger charge is 2.61. The summed E-state index contributed by atoms with van der Waals surface area (Å²) in [5.41, 5.74) is -0.222. The SMILES string of the molecule is COc1cc(OC)c2c(c1Cl)OC1(C2=O)c2nc(C(=O)OC(C)C)cc(-c3ccccc3)c2C(=O)CC1C. The van der Waals surface area contributed by atoms with Crippen molar-refractivity contribution in [1.82, 2.24) is 4.98 Å². The average molecular weight is 536 g/mol. The van der Waals surface area contributed by atoms with Crippen molar-refractivity contribution >= 4 is 29.1 Å². The van der Waals surface area contributed by atoms with Gasteiger partial charge in [0.25, 0.3) is 0 Å². The number of ketones is 2. The van der Waals surface area contributed by atoms with Gasteiger partial charge in [0.15, 0.2) is 11.5 Å². The lowest BCUT2D eigenvalue weighted by molar-refractivity contribution is 0.0184. The molecule has 196 valence electrons. The quantitative estimate of drug-likeness (QED) is 0.385. The van der Waals surface area contributed by atoms with Gasteiger partial charge in [-0.15, -0.1) is 0 Å². The van der Waals surface area contributed by atoms with E-state index in [0.29, 0.717) is 11.1 Å². The maximum atomic E-state index is 14.3. The van der Waals surface area contributed by atoms with Crippen LogP contribution >= 0.6 is 11.6 Å². The predicted molar refractivity (Wildman–Crippen MR) is 140 cm³/mol. The van der Waals surface area contributed by atoms with Crippen LogP contribution in [0.1, 0.15) is 64.1 Å². The smallest absolute Gasteiger partial charge is 0.357 e. The minimum absolute atomic E-state index is 0.0150. The number of methoxy groups -OCH3 is 2. The van der Waals surface area contributed by atoms with Crippen LogP contribution in [-0.4, -0.2) is 42.8 Å². The van der Waals surface area contributed by atoms with Gasteiger partial charge in [0, 0.05) is 18.4 Å². The van der Waals surface area contributed by atoms with E-state index in [1.807, 2.05) is 30.3 Å². The normalized spacial score (nSPS) is 19.7. The number of halogens is 1. The molecule has 0 fully saturated rings. The molecule has 0 amide bonds. The van der Waals surface area contributed by atoms with Crippen LogP contribution in [0.4, 0.5) is 0 Å². The maximum absolute atomic E-state index is 14.3. The summed E-state index contributed by atoms with van der Waals surface area (Å²) in [6, 6.07) is 12.2. The summed E-state index contributed by atoms with van der Waals surface area (Å²) in [6.07, 6.45) is -0.389. The minimum Gasteiger partial charge on any atom is -0.496 e. The highest BCUT2D eigenvalue weighted by atomic mass is 35.5. The van der Waals surface area contributed by atoms with E-state index < -0.39 is 29.4 Å². The number of nitrogens with zero attached hydrogens (tertiary/aromatic N) is 1. The van der Waals surface area contributed by atoms with Crippen molar-refractivity contribution in [2.24, 2.45) is 5.92 Å². The summed E-state index contributed by atoms with van der Waals surface area (Å²) in [5.74, 6) is -1.43. The Hall–Kier alpha value is -3.91. The number of hydrogen-bond acceptors (Lipinski definition) is 8. The van der Waals surface area contributed by atoms with Gasteiger partial charge in [0.2, 0.25) is 11.4 Å². The number of hydrogen-bond donors (Lipinski definition) is 0. The molecule has 2 aromatic carbocycles. The monoisotopic (exact) mass is 535 g/mol. The zero-order chi connectivity index (χ0) is 27.4. The molecular weight excluding hydrogens is 510 g/mol. The van der Waals surface area contributed by atoms with Gasteiger partial charge in [-0.3, -0.25) is 9.59 Å². The van der Waals surface area contributed by atoms with Crippen LogP contribution in [0.5, 0.6) is 17.2 Å². The molecule has 38 heavy (non-hydrogen) atoms. The highest BCUT2D eigenvalue weighted by molar-refractivity contribution is 6.35. The lowest BCUT2D eigenvalue weighted by Gasteiger charge is -2.38. The van der Waals surface area contributed by atoms with Crippen LogP contribution in [0.2, 0.25) is 5.02 Å². The molecule has 2 aliphatic rings. The average Bonchev–Trinajstić information content (AvgIpc) is 3.21. The zero-order valence-electron chi connectivity index (χ0n) is 21.6. The molecule has 2 heterocycles. The molecule has 0 saturated carbocycles. The number of esters is 1. The van der Waals surface area contributed by atoms with Gasteiger partial charge >= 0.3 is 5.97 Å². The zero-order valence-corrected chi connectivity index (χ0v) is 22.3. The number of ether oxygens (including phenoxy) is 4. The second-order valence-electron chi connectivity index (χ2n) is 9.59. The Labute approximate surface area is 224 Å². The van der Waals surface area contributed by atoms with Crippen LogP contribution in [0.25, 0.3) is 11.1 Å². The molecule has 1 spiro atoms. The fourth-order valence-corrected chi connectivity index (χ4v) is 5.42. The Bertz CT molecular complexity index is 1480. The first kappa shape index (κ1) is 25.7. The fraction of sp³-hybridized carbons (Fsp3) is 0.310. The van der Waals surface area contributed by atoms with Crippen molar-refractivity contribution in [1.29, 1.82) is 0 Å². The highest BCUT2D eigenvalue weighted by Crippen LogP contribution is 2.57. The van der Waals surface area contributed by atoms with E-state index in [0.717, 1.165) is 0 Å². The molecule has 0 N–H and O–H groups in total. The van der Waals surface area contributed by atoms with Gasteiger partial charge in [-0.2, -0.15) is 0 Å². The number of rotatable bonds is 5.